The summed E-state index contributed by atoms with van der Waals surface area (Å²) in [5.74, 6) is 0.201. The van der Waals surface area contributed by atoms with E-state index in [1.54, 1.807) is 24.3 Å². The highest BCUT2D eigenvalue weighted by Gasteiger charge is 2.12. The first-order chi connectivity index (χ1) is 9.11. The topological polar surface area (TPSA) is 92.0 Å². The molecular weight excluding hydrogens is 310 g/mol. The number of benzene rings is 1. The molecule has 0 aliphatic rings. The average molecular weight is 324 g/mol. The Morgan fingerprint density at radius 1 is 1.32 bits per heavy atom. The van der Waals surface area contributed by atoms with E-state index in [4.69, 9.17) is 5.73 Å². The highest BCUT2D eigenvalue weighted by atomic mass is 79.9. The van der Waals surface area contributed by atoms with Crippen LogP contribution in [0.4, 0.5) is 0 Å². The molecule has 2 aromatic rings. The van der Waals surface area contributed by atoms with E-state index in [0.717, 1.165) is 4.47 Å². The first-order valence-electron chi connectivity index (χ1n) is 5.90. The lowest BCUT2D eigenvalue weighted by atomic mass is 10.1. The average Bonchev–Trinajstić information content (AvgIpc) is 2.38. The summed E-state index contributed by atoms with van der Waals surface area (Å²) in [6, 6.07) is 7.10. The van der Waals surface area contributed by atoms with Crippen LogP contribution in [-0.4, -0.2) is 21.6 Å². The molecule has 0 radical (unpaired) electrons. The molecule has 1 aromatic carbocycles. The molecule has 2 rings (SSSR count). The van der Waals surface area contributed by atoms with Crippen LogP contribution in [0.5, 0.6) is 5.88 Å². The number of aromatic amines is 1. The number of hydrogen-bond donors (Lipinski definition) is 3. The zero-order valence-electron chi connectivity index (χ0n) is 10.2. The number of H-pyrrole nitrogens is 1. The summed E-state index contributed by atoms with van der Waals surface area (Å²) in [4.78, 5) is 18.7. The van der Waals surface area contributed by atoms with E-state index in [1.807, 2.05) is 0 Å². The first-order valence-corrected chi connectivity index (χ1v) is 6.69. The zero-order valence-corrected chi connectivity index (χ0v) is 11.8. The largest absolute Gasteiger partial charge is 0.493 e. The molecule has 0 bridgehead atoms. The van der Waals surface area contributed by atoms with Gasteiger partial charge in [-0.2, -0.15) is 4.98 Å². The molecule has 0 atom stereocenters. The molecule has 0 saturated heterocycles. The summed E-state index contributed by atoms with van der Waals surface area (Å²) in [5.41, 5.74) is 5.86. The highest BCUT2D eigenvalue weighted by molar-refractivity contribution is 9.10. The molecule has 100 valence electrons. The van der Waals surface area contributed by atoms with Gasteiger partial charge in [-0.25, -0.2) is 0 Å². The van der Waals surface area contributed by atoms with Crippen molar-refractivity contribution < 1.29 is 5.11 Å². The molecule has 0 spiro atoms. The Hall–Kier alpha value is -1.66. The van der Waals surface area contributed by atoms with Crippen LogP contribution < -0.4 is 11.3 Å². The normalized spacial score (nSPS) is 10.6. The van der Waals surface area contributed by atoms with Gasteiger partial charge in [0, 0.05) is 10.9 Å². The van der Waals surface area contributed by atoms with Crippen molar-refractivity contribution in [2.24, 2.45) is 5.73 Å². The molecule has 6 heteroatoms. The molecule has 1 aromatic heterocycles. The van der Waals surface area contributed by atoms with Crippen LogP contribution in [0.15, 0.2) is 33.5 Å². The number of aryl methyl sites for hydroxylation is 1. The number of hydrogen-bond acceptors (Lipinski definition) is 4. The van der Waals surface area contributed by atoms with E-state index in [1.165, 1.54) is 0 Å². The monoisotopic (exact) mass is 323 g/mol. The maximum Gasteiger partial charge on any atom is 0.262 e. The van der Waals surface area contributed by atoms with Gasteiger partial charge >= 0.3 is 0 Å². The van der Waals surface area contributed by atoms with E-state index in [-0.39, 0.29) is 17.0 Å². The predicted octanol–water partition coefficient (Wildman–Crippen LogP) is 1.80. The van der Waals surface area contributed by atoms with Crippen LogP contribution in [0.1, 0.15) is 12.2 Å². The smallest absolute Gasteiger partial charge is 0.262 e. The highest BCUT2D eigenvalue weighted by Crippen LogP contribution is 2.24. The van der Waals surface area contributed by atoms with Crippen LogP contribution in [0.25, 0.3) is 11.1 Å². The standard InChI is InChI=1S/C13H14BrN3O2/c14-9-5-3-8(4-6-9)11-12(18)16-10(2-1-7-15)17-13(11)19/h3-6H,1-2,7,15H2,(H2,16,17,18,19). The molecular formula is C13H14BrN3O2. The SMILES string of the molecule is NCCCc1nc(O)c(-c2ccc(Br)cc2)c(=O)[nH]1. The van der Waals surface area contributed by atoms with Crippen LogP contribution in [0, 0.1) is 0 Å². The minimum atomic E-state index is -0.346. The van der Waals surface area contributed by atoms with E-state index < -0.39 is 0 Å². The van der Waals surface area contributed by atoms with Gasteiger partial charge in [0.05, 0.1) is 0 Å². The number of aromatic nitrogens is 2. The number of nitrogens with one attached hydrogen (secondary N) is 1. The Balaban J connectivity index is 2.42. The Morgan fingerprint density at radius 2 is 2.00 bits per heavy atom. The summed E-state index contributed by atoms with van der Waals surface area (Å²) in [6.07, 6.45) is 1.25. The molecule has 0 unspecified atom stereocenters. The minimum absolute atomic E-state index is 0.184. The van der Waals surface area contributed by atoms with Crippen LogP contribution >= 0.6 is 15.9 Å². The number of halogens is 1. The van der Waals surface area contributed by atoms with Crippen molar-refractivity contribution in [3.8, 4) is 17.0 Å². The van der Waals surface area contributed by atoms with E-state index in [0.29, 0.717) is 30.8 Å². The number of aromatic hydroxyl groups is 1. The van der Waals surface area contributed by atoms with Gasteiger partial charge < -0.3 is 15.8 Å². The summed E-state index contributed by atoms with van der Waals surface area (Å²) in [5, 5.41) is 9.92. The molecule has 5 nitrogen and oxygen atoms in total. The van der Waals surface area contributed by atoms with Crippen molar-refractivity contribution in [2.45, 2.75) is 12.8 Å². The maximum atomic E-state index is 12.0. The second kappa shape index (κ2) is 5.99. The summed E-state index contributed by atoms with van der Waals surface area (Å²) in [6.45, 7) is 0.513. The predicted molar refractivity (Wildman–Crippen MR) is 77.0 cm³/mol. The van der Waals surface area contributed by atoms with Gasteiger partial charge in [0.2, 0.25) is 5.88 Å². The Labute approximate surface area is 118 Å². The molecule has 0 amide bonds. The fourth-order valence-corrected chi connectivity index (χ4v) is 2.04. The van der Waals surface area contributed by atoms with Crippen molar-refractivity contribution in [3.05, 3.63) is 44.9 Å². The molecule has 0 fully saturated rings. The maximum absolute atomic E-state index is 12.0. The first kappa shape index (κ1) is 13.8. The summed E-state index contributed by atoms with van der Waals surface area (Å²) < 4.78 is 0.902. The number of nitrogens with two attached hydrogens (primary N) is 1. The zero-order chi connectivity index (χ0) is 13.8. The van der Waals surface area contributed by atoms with Crippen LogP contribution in [-0.2, 0) is 6.42 Å². The molecule has 0 aliphatic carbocycles. The Morgan fingerprint density at radius 3 is 2.58 bits per heavy atom. The van der Waals surface area contributed by atoms with Gasteiger partial charge in [-0.15, -0.1) is 0 Å². The number of nitrogens with zero attached hydrogens (tertiary/aromatic N) is 1. The van der Waals surface area contributed by atoms with Crippen LogP contribution in [0.2, 0.25) is 0 Å². The third-order valence-electron chi connectivity index (χ3n) is 2.70. The van der Waals surface area contributed by atoms with Gasteiger partial charge in [-0.05, 0) is 30.7 Å². The quantitative estimate of drug-likeness (QED) is 0.799. The summed E-state index contributed by atoms with van der Waals surface area (Å²) >= 11 is 3.32. The molecule has 1 heterocycles. The van der Waals surface area contributed by atoms with Gasteiger partial charge in [-0.3, -0.25) is 4.79 Å². The lowest BCUT2D eigenvalue weighted by Crippen LogP contribution is -2.15. The van der Waals surface area contributed by atoms with Gasteiger partial charge in [0.1, 0.15) is 11.4 Å². The second-order valence-electron chi connectivity index (χ2n) is 4.11. The number of rotatable bonds is 4. The second-order valence-corrected chi connectivity index (χ2v) is 5.03. The molecule has 4 N–H and O–H groups in total. The third-order valence-corrected chi connectivity index (χ3v) is 3.23. The van der Waals surface area contributed by atoms with Crippen molar-refractivity contribution in [3.63, 3.8) is 0 Å². The lowest BCUT2D eigenvalue weighted by Gasteiger charge is -2.06. The lowest BCUT2D eigenvalue weighted by molar-refractivity contribution is 0.449. The van der Waals surface area contributed by atoms with Crippen molar-refractivity contribution in [1.29, 1.82) is 0 Å². The van der Waals surface area contributed by atoms with Gasteiger partial charge in [-0.1, -0.05) is 28.1 Å². The molecule has 0 saturated carbocycles. The molecule has 19 heavy (non-hydrogen) atoms. The van der Waals surface area contributed by atoms with Gasteiger partial charge in [0.15, 0.2) is 0 Å². The Bertz CT molecular complexity index is 623. The van der Waals surface area contributed by atoms with Crippen molar-refractivity contribution >= 4 is 15.9 Å². The van der Waals surface area contributed by atoms with E-state index in [2.05, 4.69) is 25.9 Å². The Kier molecular flexibility index (Phi) is 4.34. The fraction of sp³-hybridized carbons (Fsp3) is 0.231. The minimum Gasteiger partial charge on any atom is -0.493 e. The molecule has 0 aliphatic heterocycles. The van der Waals surface area contributed by atoms with Crippen LogP contribution in [0.3, 0.4) is 0 Å². The van der Waals surface area contributed by atoms with Crippen molar-refractivity contribution in [2.75, 3.05) is 6.54 Å². The third kappa shape index (κ3) is 3.21. The summed E-state index contributed by atoms with van der Waals surface area (Å²) in [7, 11) is 0. The van der Waals surface area contributed by atoms with Gasteiger partial charge in [0.25, 0.3) is 5.56 Å². The van der Waals surface area contributed by atoms with Crippen molar-refractivity contribution in [1.82, 2.24) is 9.97 Å². The fourth-order valence-electron chi connectivity index (χ4n) is 1.77. The van der Waals surface area contributed by atoms with E-state index >= 15 is 0 Å². The van der Waals surface area contributed by atoms with E-state index in [9.17, 15) is 9.90 Å².